The number of carbonyl (C=O) groups is 1. The number of alkyl halides is 1. The second-order valence-corrected chi connectivity index (χ2v) is 6.84. The van der Waals surface area contributed by atoms with Crippen LogP contribution in [0, 0.1) is 0 Å². The number of guanidine groups is 1. The Bertz CT molecular complexity index is 588. The number of aliphatic imine (C=N–C) groups is 1. The van der Waals surface area contributed by atoms with Gasteiger partial charge in [0.25, 0.3) is 0 Å². The summed E-state index contributed by atoms with van der Waals surface area (Å²) in [5.41, 5.74) is 5.94. The van der Waals surface area contributed by atoms with Crippen molar-refractivity contribution in [3.8, 4) is 5.75 Å². The first-order chi connectivity index (χ1) is 11.2. The Labute approximate surface area is 149 Å². The number of benzene rings is 1. The molecule has 0 aliphatic heterocycles. The Morgan fingerprint density at radius 2 is 2.12 bits per heavy atom. The average Bonchev–Trinajstić information content (AvgIpc) is 2.45. The Hall–Kier alpha value is -1.83. The van der Waals surface area contributed by atoms with Crippen LogP contribution in [-0.4, -0.2) is 30.9 Å². The Balaban J connectivity index is 2.55. The first kappa shape index (κ1) is 20.2. The SMILES string of the molecule is CC(C)(C)OC(=O)/N=C(\N)NCc1ccc(OCCCF)c(Br)c1. The maximum Gasteiger partial charge on any atom is 0.437 e. The van der Waals surface area contributed by atoms with Gasteiger partial charge in [0, 0.05) is 13.0 Å². The van der Waals surface area contributed by atoms with E-state index in [4.69, 9.17) is 15.2 Å². The Morgan fingerprint density at radius 3 is 2.71 bits per heavy atom. The molecule has 1 rings (SSSR count). The Morgan fingerprint density at radius 1 is 1.42 bits per heavy atom. The minimum atomic E-state index is -0.745. The number of nitrogens with one attached hydrogen (secondary N) is 1. The third kappa shape index (κ3) is 8.14. The first-order valence-corrected chi connectivity index (χ1v) is 8.29. The molecule has 1 amide bonds. The van der Waals surface area contributed by atoms with Crippen LogP contribution in [-0.2, 0) is 11.3 Å². The van der Waals surface area contributed by atoms with Crippen LogP contribution >= 0.6 is 15.9 Å². The van der Waals surface area contributed by atoms with Crippen molar-refractivity contribution >= 4 is 28.0 Å². The molecule has 0 aromatic heterocycles. The first-order valence-electron chi connectivity index (χ1n) is 7.49. The van der Waals surface area contributed by atoms with Gasteiger partial charge in [0.05, 0.1) is 17.8 Å². The highest BCUT2D eigenvalue weighted by atomic mass is 79.9. The maximum atomic E-state index is 12.1. The second-order valence-electron chi connectivity index (χ2n) is 5.99. The summed E-state index contributed by atoms with van der Waals surface area (Å²) in [6, 6.07) is 5.46. The van der Waals surface area contributed by atoms with E-state index in [0.717, 1.165) is 10.0 Å². The maximum absolute atomic E-state index is 12.1. The van der Waals surface area contributed by atoms with Gasteiger partial charge in [-0.3, -0.25) is 4.39 Å². The highest BCUT2D eigenvalue weighted by Gasteiger charge is 2.15. The van der Waals surface area contributed by atoms with Crippen LogP contribution in [0.5, 0.6) is 5.75 Å². The monoisotopic (exact) mass is 403 g/mol. The average molecular weight is 404 g/mol. The molecule has 134 valence electrons. The molecule has 8 heteroatoms. The molecule has 1 aromatic rings. The van der Waals surface area contributed by atoms with Crippen LogP contribution in [0.25, 0.3) is 0 Å². The van der Waals surface area contributed by atoms with E-state index in [0.29, 0.717) is 25.3 Å². The van der Waals surface area contributed by atoms with E-state index < -0.39 is 18.4 Å². The fourth-order valence-electron chi connectivity index (χ4n) is 1.62. The van der Waals surface area contributed by atoms with Crippen molar-refractivity contribution in [3.63, 3.8) is 0 Å². The summed E-state index contributed by atoms with van der Waals surface area (Å²) < 4.78 is 23.3. The fraction of sp³-hybridized carbons (Fsp3) is 0.500. The van der Waals surface area contributed by atoms with Crippen molar-refractivity contribution < 1.29 is 18.7 Å². The topological polar surface area (TPSA) is 85.9 Å². The summed E-state index contributed by atoms with van der Waals surface area (Å²) in [6.07, 6.45) is -0.391. The van der Waals surface area contributed by atoms with E-state index >= 15 is 0 Å². The van der Waals surface area contributed by atoms with E-state index in [-0.39, 0.29) is 5.96 Å². The molecule has 6 nitrogen and oxygen atoms in total. The zero-order valence-corrected chi connectivity index (χ0v) is 15.7. The number of nitrogens with two attached hydrogens (primary N) is 1. The quantitative estimate of drug-likeness (QED) is 0.431. The molecule has 24 heavy (non-hydrogen) atoms. The fourth-order valence-corrected chi connectivity index (χ4v) is 2.16. The van der Waals surface area contributed by atoms with Crippen LogP contribution in [0.1, 0.15) is 32.8 Å². The number of halogens is 2. The molecule has 0 unspecified atom stereocenters. The van der Waals surface area contributed by atoms with Gasteiger partial charge < -0.3 is 20.5 Å². The van der Waals surface area contributed by atoms with Gasteiger partial charge in [0.15, 0.2) is 5.96 Å². The number of nitrogens with zero attached hydrogens (tertiary/aromatic N) is 1. The molecule has 0 aliphatic carbocycles. The minimum Gasteiger partial charge on any atom is -0.492 e. The van der Waals surface area contributed by atoms with Crippen LogP contribution in [0.15, 0.2) is 27.7 Å². The number of hydrogen-bond donors (Lipinski definition) is 2. The number of hydrogen-bond acceptors (Lipinski definition) is 3. The van der Waals surface area contributed by atoms with E-state index in [2.05, 4.69) is 26.2 Å². The van der Waals surface area contributed by atoms with E-state index in [9.17, 15) is 9.18 Å². The van der Waals surface area contributed by atoms with Crippen molar-refractivity contribution in [2.24, 2.45) is 10.7 Å². The van der Waals surface area contributed by atoms with Crippen LogP contribution < -0.4 is 15.8 Å². The van der Waals surface area contributed by atoms with Gasteiger partial charge >= 0.3 is 6.09 Å². The van der Waals surface area contributed by atoms with E-state index in [1.54, 1.807) is 26.8 Å². The number of amides is 1. The highest BCUT2D eigenvalue weighted by Crippen LogP contribution is 2.26. The lowest BCUT2D eigenvalue weighted by Gasteiger charge is -2.17. The third-order valence-electron chi connectivity index (χ3n) is 2.61. The van der Waals surface area contributed by atoms with E-state index in [1.165, 1.54) is 0 Å². The molecule has 1 aromatic carbocycles. The summed E-state index contributed by atoms with van der Waals surface area (Å²) >= 11 is 3.40. The van der Waals surface area contributed by atoms with Crippen molar-refractivity contribution in [2.45, 2.75) is 39.3 Å². The normalized spacial score (nSPS) is 12.0. The molecule has 0 radical (unpaired) electrons. The molecular weight excluding hydrogens is 381 g/mol. The van der Waals surface area contributed by atoms with Crippen LogP contribution in [0.2, 0.25) is 0 Å². The second kappa shape index (κ2) is 9.46. The molecular formula is C16H23BrFN3O3. The number of ether oxygens (including phenoxy) is 2. The molecule has 0 fully saturated rings. The van der Waals surface area contributed by atoms with Crippen LogP contribution in [0.4, 0.5) is 9.18 Å². The highest BCUT2D eigenvalue weighted by molar-refractivity contribution is 9.10. The summed E-state index contributed by atoms with van der Waals surface area (Å²) in [4.78, 5) is 15.1. The van der Waals surface area contributed by atoms with Crippen molar-refractivity contribution in [1.29, 1.82) is 0 Å². The molecule has 0 spiro atoms. The van der Waals surface area contributed by atoms with Gasteiger partial charge in [-0.1, -0.05) is 6.07 Å². The molecule has 0 saturated heterocycles. The predicted molar refractivity (Wildman–Crippen MR) is 94.9 cm³/mol. The van der Waals surface area contributed by atoms with Gasteiger partial charge in [0.1, 0.15) is 11.4 Å². The van der Waals surface area contributed by atoms with Gasteiger partial charge in [-0.2, -0.15) is 0 Å². The van der Waals surface area contributed by atoms with Gasteiger partial charge in [-0.05, 0) is 54.4 Å². The molecule has 3 N–H and O–H groups in total. The largest absolute Gasteiger partial charge is 0.492 e. The molecule has 0 aliphatic rings. The number of carbonyl (C=O) groups excluding carboxylic acids is 1. The van der Waals surface area contributed by atoms with Crippen LogP contribution in [0.3, 0.4) is 0 Å². The molecule has 0 atom stereocenters. The minimum absolute atomic E-state index is 0.0244. The Kier molecular flexibility index (Phi) is 7.97. The van der Waals surface area contributed by atoms with E-state index in [1.807, 2.05) is 12.1 Å². The van der Waals surface area contributed by atoms with Crippen molar-refractivity contribution in [1.82, 2.24) is 5.32 Å². The lowest BCUT2D eigenvalue weighted by Crippen LogP contribution is -2.33. The summed E-state index contributed by atoms with van der Waals surface area (Å²) in [5.74, 6) is 0.617. The lowest BCUT2D eigenvalue weighted by molar-refractivity contribution is 0.0603. The van der Waals surface area contributed by atoms with Crippen molar-refractivity contribution in [2.75, 3.05) is 13.3 Å². The van der Waals surface area contributed by atoms with Gasteiger partial charge in [0.2, 0.25) is 0 Å². The molecule has 0 heterocycles. The van der Waals surface area contributed by atoms with Gasteiger partial charge in [-0.15, -0.1) is 4.99 Å². The summed E-state index contributed by atoms with van der Waals surface area (Å²) in [7, 11) is 0. The zero-order chi connectivity index (χ0) is 18.2. The summed E-state index contributed by atoms with van der Waals surface area (Å²) in [6.45, 7) is 5.54. The predicted octanol–water partition coefficient (Wildman–Crippen LogP) is 3.53. The smallest absolute Gasteiger partial charge is 0.437 e. The standard InChI is InChI=1S/C16H23BrFN3O3/c1-16(2,3)24-15(22)21-14(19)20-10-11-5-6-13(12(17)9-11)23-8-4-7-18/h5-6,9H,4,7-8,10H2,1-3H3,(H3,19,20,21,22). The summed E-state index contributed by atoms with van der Waals surface area (Å²) in [5, 5.41) is 2.83. The third-order valence-corrected chi connectivity index (χ3v) is 3.23. The lowest BCUT2D eigenvalue weighted by atomic mass is 10.2. The number of rotatable bonds is 6. The molecule has 0 saturated carbocycles. The van der Waals surface area contributed by atoms with Gasteiger partial charge in [-0.25, -0.2) is 4.79 Å². The molecule has 0 bridgehead atoms. The zero-order valence-electron chi connectivity index (χ0n) is 14.1. The van der Waals surface area contributed by atoms with Crippen molar-refractivity contribution in [3.05, 3.63) is 28.2 Å².